The SMILES string of the molecule is O=C(O)Cn1c(-c2ccc(Cl)s2)cc2ccccc21. The predicted molar refractivity (Wildman–Crippen MR) is 77.9 cm³/mol. The fourth-order valence-corrected chi connectivity index (χ4v) is 3.24. The number of carboxylic acid groups (broad SMARTS) is 1. The van der Waals surface area contributed by atoms with E-state index in [2.05, 4.69) is 0 Å². The zero-order chi connectivity index (χ0) is 13.4. The average Bonchev–Trinajstić information content (AvgIpc) is 2.94. The van der Waals surface area contributed by atoms with Crippen LogP contribution < -0.4 is 0 Å². The maximum atomic E-state index is 11.1. The van der Waals surface area contributed by atoms with Crippen LogP contribution in [0.15, 0.2) is 42.5 Å². The zero-order valence-corrected chi connectivity index (χ0v) is 11.4. The third-order valence-electron chi connectivity index (χ3n) is 2.93. The largest absolute Gasteiger partial charge is 0.480 e. The molecule has 0 spiro atoms. The number of fused-ring (bicyclic) bond motifs is 1. The summed E-state index contributed by atoms with van der Waals surface area (Å²) < 4.78 is 2.50. The number of aliphatic carboxylic acids is 1. The second kappa shape index (κ2) is 4.72. The first kappa shape index (κ1) is 12.3. The molecule has 0 unspecified atom stereocenters. The van der Waals surface area contributed by atoms with Crippen molar-refractivity contribution in [1.29, 1.82) is 0 Å². The Hall–Kier alpha value is -1.78. The zero-order valence-electron chi connectivity index (χ0n) is 9.84. The Morgan fingerprint density at radius 2 is 2.05 bits per heavy atom. The molecule has 0 fully saturated rings. The molecule has 1 aromatic carbocycles. The van der Waals surface area contributed by atoms with Crippen LogP contribution in [0.25, 0.3) is 21.5 Å². The molecule has 3 rings (SSSR count). The van der Waals surface area contributed by atoms with Crippen LogP contribution in [0.5, 0.6) is 0 Å². The van der Waals surface area contributed by atoms with Crippen molar-refractivity contribution >= 4 is 39.8 Å². The summed E-state index contributed by atoms with van der Waals surface area (Å²) in [6.45, 7) is -0.0572. The van der Waals surface area contributed by atoms with E-state index in [1.54, 1.807) is 4.57 Å². The van der Waals surface area contributed by atoms with Crippen LogP contribution in [-0.2, 0) is 11.3 Å². The minimum absolute atomic E-state index is 0.0572. The number of thiophene rings is 1. The molecule has 0 bridgehead atoms. The Kier molecular flexibility index (Phi) is 3.05. The summed E-state index contributed by atoms with van der Waals surface area (Å²) in [4.78, 5) is 12.0. The van der Waals surface area contributed by atoms with Crippen LogP contribution in [0, 0.1) is 0 Å². The van der Waals surface area contributed by atoms with Gasteiger partial charge in [0.25, 0.3) is 0 Å². The lowest BCUT2D eigenvalue weighted by atomic mass is 10.2. The molecule has 0 radical (unpaired) electrons. The van der Waals surface area contributed by atoms with Gasteiger partial charge in [0.1, 0.15) is 6.54 Å². The second-order valence-corrected chi connectivity index (χ2v) is 5.89. The Balaban J connectivity index is 2.25. The number of nitrogens with zero attached hydrogens (tertiary/aromatic N) is 1. The highest BCUT2D eigenvalue weighted by Crippen LogP contribution is 2.34. The van der Waals surface area contributed by atoms with E-state index in [1.165, 1.54) is 11.3 Å². The topological polar surface area (TPSA) is 42.2 Å². The monoisotopic (exact) mass is 291 g/mol. The Morgan fingerprint density at radius 1 is 1.26 bits per heavy atom. The molecule has 0 amide bonds. The van der Waals surface area contributed by atoms with Crippen molar-refractivity contribution in [2.24, 2.45) is 0 Å². The smallest absolute Gasteiger partial charge is 0.323 e. The number of para-hydroxylation sites is 1. The van der Waals surface area contributed by atoms with Crippen LogP contribution in [0.2, 0.25) is 4.34 Å². The van der Waals surface area contributed by atoms with E-state index in [9.17, 15) is 4.79 Å². The number of aromatic nitrogens is 1. The molecule has 3 nitrogen and oxygen atoms in total. The van der Waals surface area contributed by atoms with Crippen molar-refractivity contribution in [3.8, 4) is 10.6 Å². The van der Waals surface area contributed by atoms with Gasteiger partial charge in [-0.2, -0.15) is 0 Å². The van der Waals surface area contributed by atoms with Gasteiger partial charge in [0, 0.05) is 10.9 Å². The molecule has 0 saturated carbocycles. The Morgan fingerprint density at radius 3 is 2.74 bits per heavy atom. The van der Waals surface area contributed by atoms with Crippen LogP contribution in [0.3, 0.4) is 0 Å². The fourth-order valence-electron chi connectivity index (χ4n) is 2.17. The molecule has 19 heavy (non-hydrogen) atoms. The molecule has 3 aromatic rings. The molecule has 0 saturated heterocycles. The maximum Gasteiger partial charge on any atom is 0.323 e. The second-order valence-electron chi connectivity index (χ2n) is 4.17. The molecular weight excluding hydrogens is 282 g/mol. The standard InChI is InChI=1S/C14H10ClNO2S/c15-13-6-5-12(19-13)11-7-9-3-1-2-4-10(9)16(11)8-14(17)18/h1-7H,8H2,(H,17,18). The van der Waals surface area contributed by atoms with Crippen LogP contribution in [0.1, 0.15) is 0 Å². The molecule has 2 aromatic heterocycles. The number of hydrogen-bond donors (Lipinski definition) is 1. The molecule has 96 valence electrons. The van der Waals surface area contributed by atoms with Gasteiger partial charge in [0.2, 0.25) is 0 Å². The number of rotatable bonds is 3. The molecule has 0 aliphatic heterocycles. The van der Waals surface area contributed by atoms with Crippen molar-refractivity contribution in [3.63, 3.8) is 0 Å². The van der Waals surface area contributed by atoms with E-state index in [-0.39, 0.29) is 6.54 Å². The molecule has 0 atom stereocenters. The summed E-state index contributed by atoms with van der Waals surface area (Å²) in [5.74, 6) is -0.856. The number of carbonyl (C=O) groups is 1. The highest BCUT2D eigenvalue weighted by molar-refractivity contribution is 7.19. The van der Waals surface area contributed by atoms with Gasteiger partial charge in [-0.25, -0.2) is 0 Å². The normalized spacial score (nSPS) is 11.0. The highest BCUT2D eigenvalue weighted by Gasteiger charge is 2.14. The Bertz CT molecular complexity index is 760. The van der Waals surface area contributed by atoms with Crippen molar-refractivity contribution in [3.05, 3.63) is 46.8 Å². The number of benzene rings is 1. The number of halogens is 1. The van der Waals surface area contributed by atoms with Gasteiger partial charge < -0.3 is 9.67 Å². The van der Waals surface area contributed by atoms with Gasteiger partial charge >= 0.3 is 5.97 Å². The third-order valence-corrected chi connectivity index (χ3v) is 4.18. The van der Waals surface area contributed by atoms with Crippen molar-refractivity contribution in [2.45, 2.75) is 6.54 Å². The minimum atomic E-state index is -0.856. The van der Waals surface area contributed by atoms with Crippen molar-refractivity contribution in [2.75, 3.05) is 0 Å². The quantitative estimate of drug-likeness (QED) is 0.789. The fraction of sp³-hybridized carbons (Fsp3) is 0.0714. The van der Waals surface area contributed by atoms with Crippen molar-refractivity contribution < 1.29 is 9.90 Å². The summed E-state index contributed by atoms with van der Waals surface area (Å²) in [7, 11) is 0. The van der Waals surface area contributed by atoms with E-state index in [0.717, 1.165) is 21.5 Å². The lowest BCUT2D eigenvalue weighted by molar-refractivity contribution is -0.137. The van der Waals surface area contributed by atoms with Gasteiger partial charge in [0.15, 0.2) is 0 Å². The van der Waals surface area contributed by atoms with Crippen LogP contribution in [0.4, 0.5) is 0 Å². The number of hydrogen-bond acceptors (Lipinski definition) is 2. The summed E-state index contributed by atoms with van der Waals surface area (Å²) in [6.07, 6.45) is 0. The van der Waals surface area contributed by atoms with Crippen LogP contribution in [-0.4, -0.2) is 15.6 Å². The minimum Gasteiger partial charge on any atom is -0.480 e. The summed E-state index contributed by atoms with van der Waals surface area (Å²) in [5, 5.41) is 10.1. The predicted octanol–water partition coefficient (Wildman–Crippen LogP) is 4.11. The van der Waals surface area contributed by atoms with Gasteiger partial charge in [-0.05, 0) is 24.3 Å². The van der Waals surface area contributed by atoms with Gasteiger partial charge in [-0.1, -0.05) is 29.8 Å². The lowest BCUT2D eigenvalue weighted by Crippen LogP contribution is -2.09. The molecular formula is C14H10ClNO2S. The lowest BCUT2D eigenvalue weighted by Gasteiger charge is -2.06. The first-order chi connectivity index (χ1) is 9.15. The molecule has 1 N–H and O–H groups in total. The van der Waals surface area contributed by atoms with E-state index in [1.807, 2.05) is 42.5 Å². The first-order valence-electron chi connectivity index (χ1n) is 5.71. The van der Waals surface area contributed by atoms with E-state index < -0.39 is 5.97 Å². The molecule has 2 heterocycles. The van der Waals surface area contributed by atoms with Gasteiger partial charge in [-0.15, -0.1) is 11.3 Å². The van der Waals surface area contributed by atoms with E-state index in [4.69, 9.17) is 16.7 Å². The van der Waals surface area contributed by atoms with Gasteiger partial charge in [-0.3, -0.25) is 4.79 Å². The summed E-state index contributed by atoms with van der Waals surface area (Å²) in [5.41, 5.74) is 1.81. The third kappa shape index (κ3) is 2.25. The van der Waals surface area contributed by atoms with Crippen molar-refractivity contribution in [1.82, 2.24) is 4.57 Å². The average molecular weight is 292 g/mol. The van der Waals surface area contributed by atoms with E-state index in [0.29, 0.717) is 4.34 Å². The van der Waals surface area contributed by atoms with Crippen LogP contribution >= 0.6 is 22.9 Å². The Labute approximate surface area is 118 Å². The van der Waals surface area contributed by atoms with E-state index >= 15 is 0 Å². The first-order valence-corrected chi connectivity index (χ1v) is 6.90. The van der Waals surface area contributed by atoms with Gasteiger partial charge in [0.05, 0.1) is 14.9 Å². The highest BCUT2D eigenvalue weighted by atomic mass is 35.5. The summed E-state index contributed by atoms with van der Waals surface area (Å²) >= 11 is 7.41. The summed E-state index contributed by atoms with van der Waals surface area (Å²) in [6, 6.07) is 13.5. The number of carboxylic acids is 1. The molecule has 5 heteroatoms. The molecule has 0 aliphatic rings. The molecule has 0 aliphatic carbocycles. The maximum absolute atomic E-state index is 11.1.